The summed E-state index contributed by atoms with van der Waals surface area (Å²) in [7, 11) is 0. The number of hydrogen-bond donors (Lipinski definition) is 3. The Labute approximate surface area is 129 Å². The van der Waals surface area contributed by atoms with E-state index in [-0.39, 0.29) is 36.9 Å². The molecule has 0 bridgehead atoms. The van der Waals surface area contributed by atoms with E-state index in [1.165, 1.54) is 18.2 Å². The van der Waals surface area contributed by atoms with Crippen LogP contribution in [0.2, 0.25) is 0 Å². The van der Waals surface area contributed by atoms with Crippen LogP contribution < -0.4 is 10.6 Å². The Morgan fingerprint density at radius 1 is 1.23 bits per heavy atom. The zero-order valence-electron chi connectivity index (χ0n) is 13.1. The van der Waals surface area contributed by atoms with Crippen LogP contribution in [0.4, 0.5) is 4.39 Å². The maximum atomic E-state index is 13.4. The first-order valence-corrected chi connectivity index (χ1v) is 7.19. The molecule has 0 saturated carbocycles. The number of aliphatic hydroxyl groups is 1. The van der Waals surface area contributed by atoms with E-state index in [1.54, 1.807) is 26.8 Å². The first-order chi connectivity index (χ1) is 10.2. The topological polar surface area (TPSA) is 78.4 Å². The van der Waals surface area contributed by atoms with Crippen LogP contribution in [0, 0.1) is 11.2 Å². The summed E-state index contributed by atoms with van der Waals surface area (Å²) < 4.78 is 13.4. The van der Waals surface area contributed by atoms with Gasteiger partial charge in [0.15, 0.2) is 0 Å². The SMILES string of the molecule is CC(C)(C)C(=O)NCCC(=O)NCC(O)c1ccccc1F. The lowest BCUT2D eigenvalue weighted by Crippen LogP contribution is -2.37. The lowest BCUT2D eigenvalue weighted by molar-refractivity contribution is -0.128. The van der Waals surface area contributed by atoms with Crippen LogP contribution in [-0.4, -0.2) is 30.0 Å². The molecule has 122 valence electrons. The Hall–Kier alpha value is -1.95. The summed E-state index contributed by atoms with van der Waals surface area (Å²) in [5, 5.41) is 15.0. The fourth-order valence-corrected chi connectivity index (χ4v) is 1.71. The maximum Gasteiger partial charge on any atom is 0.225 e. The van der Waals surface area contributed by atoms with Crippen LogP contribution in [-0.2, 0) is 9.59 Å². The summed E-state index contributed by atoms with van der Waals surface area (Å²) in [6.07, 6.45) is -0.999. The van der Waals surface area contributed by atoms with E-state index in [0.29, 0.717) is 0 Å². The van der Waals surface area contributed by atoms with Crippen molar-refractivity contribution in [2.24, 2.45) is 5.41 Å². The second-order valence-electron chi connectivity index (χ2n) is 6.10. The Morgan fingerprint density at radius 3 is 2.45 bits per heavy atom. The van der Waals surface area contributed by atoms with Gasteiger partial charge in [-0.25, -0.2) is 4.39 Å². The first kappa shape index (κ1) is 18.1. The Bertz CT molecular complexity index is 526. The van der Waals surface area contributed by atoms with Gasteiger partial charge in [0.2, 0.25) is 11.8 Å². The van der Waals surface area contributed by atoms with Gasteiger partial charge in [-0.05, 0) is 6.07 Å². The van der Waals surface area contributed by atoms with Crippen molar-refractivity contribution in [3.05, 3.63) is 35.6 Å². The molecule has 0 aliphatic rings. The highest BCUT2D eigenvalue weighted by Gasteiger charge is 2.20. The highest BCUT2D eigenvalue weighted by Crippen LogP contribution is 2.15. The summed E-state index contributed by atoms with van der Waals surface area (Å²) >= 11 is 0. The average Bonchev–Trinajstić information content (AvgIpc) is 2.44. The smallest absolute Gasteiger partial charge is 0.225 e. The molecule has 0 aliphatic heterocycles. The molecule has 0 saturated heterocycles. The number of halogens is 1. The molecule has 1 unspecified atom stereocenters. The molecular weight excluding hydrogens is 287 g/mol. The van der Waals surface area contributed by atoms with Gasteiger partial charge in [-0.1, -0.05) is 39.0 Å². The number of rotatable bonds is 6. The third-order valence-corrected chi connectivity index (χ3v) is 3.08. The monoisotopic (exact) mass is 310 g/mol. The predicted molar refractivity (Wildman–Crippen MR) is 81.5 cm³/mol. The second-order valence-corrected chi connectivity index (χ2v) is 6.10. The first-order valence-electron chi connectivity index (χ1n) is 7.19. The number of nitrogens with one attached hydrogen (secondary N) is 2. The van der Waals surface area contributed by atoms with Crippen molar-refractivity contribution in [2.45, 2.75) is 33.3 Å². The average molecular weight is 310 g/mol. The van der Waals surface area contributed by atoms with E-state index in [2.05, 4.69) is 10.6 Å². The van der Waals surface area contributed by atoms with Crippen LogP contribution in [0.15, 0.2) is 24.3 Å². The molecule has 0 spiro atoms. The quantitative estimate of drug-likeness (QED) is 0.745. The Morgan fingerprint density at radius 2 is 1.86 bits per heavy atom. The van der Waals surface area contributed by atoms with E-state index >= 15 is 0 Å². The van der Waals surface area contributed by atoms with Crippen molar-refractivity contribution in [1.29, 1.82) is 0 Å². The molecule has 0 aliphatic carbocycles. The fraction of sp³-hybridized carbons (Fsp3) is 0.500. The zero-order chi connectivity index (χ0) is 16.8. The molecule has 2 amide bonds. The molecule has 1 rings (SSSR count). The van der Waals surface area contributed by atoms with Gasteiger partial charge in [0, 0.05) is 30.5 Å². The molecule has 3 N–H and O–H groups in total. The molecule has 0 aromatic heterocycles. The molecule has 1 aromatic rings. The number of carbonyl (C=O) groups is 2. The third kappa shape index (κ3) is 5.81. The lowest BCUT2D eigenvalue weighted by atomic mass is 9.96. The van der Waals surface area contributed by atoms with E-state index in [0.717, 1.165) is 0 Å². The Balaban J connectivity index is 2.32. The lowest BCUT2D eigenvalue weighted by Gasteiger charge is -2.17. The molecule has 1 aromatic carbocycles. The standard InChI is InChI=1S/C16H23FN2O3/c1-16(2,3)15(22)18-9-8-14(21)19-10-13(20)11-6-4-5-7-12(11)17/h4-7,13,20H,8-10H2,1-3H3,(H,18,22)(H,19,21). The molecule has 0 heterocycles. The van der Waals surface area contributed by atoms with E-state index < -0.39 is 17.3 Å². The van der Waals surface area contributed by atoms with Gasteiger partial charge in [0.1, 0.15) is 5.82 Å². The summed E-state index contributed by atoms with van der Waals surface area (Å²) in [6, 6.07) is 5.87. The Kier molecular flexibility index (Phi) is 6.49. The number of amides is 2. The van der Waals surface area contributed by atoms with Gasteiger partial charge < -0.3 is 15.7 Å². The maximum absolute atomic E-state index is 13.4. The van der Waals surface area contributed by atoms with Crippen LogP contribution in [0.3, 0.4) is 0 Å². The van der Waals surface area contributed by atoms with Gasteiger partial charge in [0.05, 0.1) is 6.10 Å². The molecule has 6 heteroatoms. The summed E-state index contributed by atoms with van der Waals surface area (Å²) in [5.74, 6) is -0.960. The summed E-state index contributed by atoms with van der Waals surface area (Å²) in [6.45, 7) is 5.50. The van der Waals surface area contributed by atoms with Gasteiger partial charge in [-0.3, -0.25) is 9.59 Å². The number of carbonyl (C=O) groups excluding carboxylic acids is 2. The van der Waals surface area contributed by atoms with Crippen LogP contribution in [0.5, 0.6) is 0 Å². The third-order valence-electron chi connectivity index (χ3n) is 3.08. The molecule has 5 nitrogen and oxygen atoms in total. The van der Waals surface area contributed by atoms with Crippen LogP contribution in [0.1, 0.15) is 38.9 Å². The molecule has 1 atom stereocenters. The number of aliphatic hydroxyl groups excluding tert-OH is 1. The van der Waals surface area contributed by atoms with E-state index in [4.69, 9.17) is 0 Å². The van der Waals surface area contributed by atoms with E-state index in [9.17, 15) is 19.1 Å². The van der Waals surface area contributed by atoms with Crippen molar-refractivity contribution in [3.63, 3.8) is 0 Å². The minimum atomic E-state index is -1.10. The van der Waals surface area contributed by atoms with Crippen LogP contribution in [0.25, 0.3) is 0 Å². The van der Waals surface area contributed by atoms with Crippen molar-refractivity contribution < 1.29 is 19.1 Å². The van der Waals surface area contributed by atoms with E-state index in [1.807, 2.05) is 0 Å². The molecular formula is C16H23FN2O3. The van der Waals surface area contributed by atoms with Gasteiger partial charge in [-0.15, -0.1) is 0 Å². The highest BCUT2D eigenvalue weighted by molar-refractivity contribution is 5.82. The highest BCUT2D eigenvalue weighted by atomic mass is 19.1. The minimum absolute atomic E-state index is 0.0764. The summed E-state index contributed by atoms with van der Waals surface area (Å²) in [4.78, 5) is 23.2. The van der Waals surface area contributed by atoms with Gasteiger partial charge in [-0.2, -0.15) is 0 Å². The summed E-state index contributed by atoms with van der Waals surface area (Å²) in [5.41, 5.74) is -0.360. The van der Waals surface area contributed by atoms with Crippen molar-refractivity contribution >= 4 is 11.8 Å². The number of benzene rings is 1. The zero-order valence-corrected chi connectivity index (χ0v) is 13.1. The van der Waals surface area contributed by atoms with Crippen molar-refractivity contribution in [1.82, 2.24) is 10.6 Å². The largest absolute Gasteiger partial charge is 0.386 e. The minimum Gasteiger partial charge on any atom is -0.386 e. The molecule has 22 heavy (non-hydrogen) atoms. The van der Waals surface area contributed by atoms with Crippen molar-refractivity contribution in [2.75, 3.05) is 13.1 Å². The van der Waals surface area contributed by atoms with Gasteiger partial charge >= 0.3 is 0 Å². The normalized spacial score (nSPS) is 12.6. The predicted octanol–water partition coefficient (Wildman–Crippen LogP) is 1.53. The fourth-order valence-electron chi connectivity index (χ4n) is 1.71. The van der Waals surface area contributed by atoms with Crippen molar-refractivity contribution in [3.8, 4) is 0 Å². The molecule has 0 radical (unpaired) electrons. The van der Waals surface area contributed by atoms with Crippen LogP contribution >= 0.6 is 0 Å². The number of hydrogen-bond acceptors (Lipinski definition) is 3. The van der Waals surface area contributed by atoms with Gasteiger partial charge in [0.25, 0.3) is 0 Å². The molecule has 0 fully saturated rings. The second kappa shape index (κ2) is 7.89.